The predicted molar refractivity (Wildman–Crippen MR) is 309 cm³/mol. The Morgan fingerprint density at radius 3 is 1.51 bits per heavy atom. The Hall–Kier alpha value is -8.86. The second kappa shape index (κ2) is 20.1. The molecule has 0 saturated heterocycles. The zero-order valence-corrected chi connectivity index (χ0v) is 41.4. The van der Waals surface area contributed by atoms with Crippen LogP contribution in [-0.2, 0) is 0 Å². The molecule has 0 spiro atoms. The van der Waals surface area contributed by atoms with Crippen LogP contribution in [0.3, 0.4) is 0 Å². The number of para-hydroxylation sites is 3. The number of nitrogens with zero attached hydrogens (tertiary/aromatic N) is 4. The fourth-order valence-corrected chi connectivity index (χ4v) is 11.1. The molecule has 354 valence electrons. The van der Waals surface area contributed by atoms with E-state index in [0.717, 1.165) is 57.6 Å². The lowest BCUT2D eigenvalue weighted by molar-refractivity contribution is 0.576. The second-order valence-corrected chi connectivity index (χ2v) is 19.6. The van der Waals surface area contributed by atoms with E-state index in [1.165, 1.54) is 38.9 Å². The Labute approximate surface area is 430 Å². The van der Waals surface area contributed by atoms with E-state index in [0.29, 0.717) is 11.8 Å². The molecule has 0 aliphatic heterocycles. The van der Waals surface area contributed by atoms with Crippen LogP contribution < -0.4 is 19.6 Å². The van der Waals surface area contributed by atoms with E-state index >= 15 is 0 Å². The minimum absolute atomic E-state index is 0.0678. The molecule has 7 aromatic carbocycles. The number of anilines is 8. The number of benzene rings is 7. The van der Waals surface area contributed by atoms with Crippen molar-refractivity contribution in [2.24, 2.45) is 17.8 Å². The third-order valence-electron chi connectivity index (χ3n) is 14.7. The van der Waals surface area contributed by atoms with Crippen molar-refractivity contribution in [3.05, 3.63) is 313 Å². The molecule has 5 aliphatic carbocycles. The summed E-state index contributed by atoms with van der Waals surface area (Å²) in [7, 11) is 0. The third-order valence-corrected chi connectivity index (χ3v) is 14.7. The average Bonchev–Trinajstić information content (AvgIpc) is 3.80. The standard InChI is InChI=1S/C69H58N4/c1-50-44-67(49-56-22-16-17-29-68(50)56)72(58-25-8-4-9-26-58)63-40-38-62(39-41-63)71(61-36-34-60(35-37-61)70(57-23-6-3-7-24-57)65-32-30-52-18-12-13-19-53(46-52)47-65)64-42-43-69(51(2)45-64)73(59-27-10-5-11-28-59)66-33-31-54-20-14-15-21-55(54)48-66/h3-45,47-51,68-69H,46H2,1-2H3. The van der Waals surface area contributed by atoms with E-state index in [9.17, 15) is 0 Å². The Morgan fingerprint density at radius 1 is 0.370 bits per heavy atom. The first kappa shape index (κ1) is 45.3. The summed E-state index contributed by atoms with van der Waals surface area (Å²) in [6.07, 6.45) is 37.4. The van der Waals surface area contributed by atoms with E-state index in [-0.39, 0.29) is 12.0 Å². The van der Waals surface area contributed by atoms with Crippen molar-refractivity contribution in [2.45, 2.75) is 26.3 Å². The molecule has 5 aliphatic rings. The van der Waals surface area contributed by atoms with E-state index in [1.807, 2.05) is 0 Å². The Morgan fingerprint density at radius 2 is 0.877 bits per heavy atom. The lowest BCUT2D eigenvalue weighted by Crippen LogP contribution is -2.36. The van der Waals surface area contributed by atoms with Crippen LogP contribution in [0.15, 0.2) is 313 Å². The summed E-state index contributed by atoms with van der Waals surface area (Å²) in [4.78, 5) is 9.69. The minimum Gasteiger partial charge on any atom is -0.334 e. The largest absolute Gasteiger partial charge is 0.334 e. The molecule has 4 nitrogen and oxygen atoms in total. The van der Waals surface area contributed by atoms with Gasteiger partial charge in [0.2, 0.25) is 0 Å². The van der Waals surface area contributed by atoms with Gasteiger partial charge in [0, 0.05) is 74.4 Å². The van der Waals surface area contributed by atoms with Gasteiger partial charge in [0.1, 0.15) is 0 Å². The normalized spacial score (nSPS) is 19.5. The summed E-state index contributed by atoms with van der Waals surface area (Å²) >= 11 is 0. The van der Waals surface area contributed by atoms with Gasteiger partial charge in [-0.25, -0.2) is 0 Å². The molecule has 0 amide bonds. The zero-order chi connectivity index (χ0) is 49.1. The van der Waals surface area contributed by atoms with Gasteiger partial charge in [-0.3, -0.25) is 0 Å². The summed E-state index contributed by atoms with van der Waals surface area (Å²) in [5.74, 6) is 0.891. The van der Waals surface area contributed by atoms with E-state index in [1.54, 1.807) is 0 Å². The van der Waals surface area contributed by atoms with Crippen molar-refractivity contribution in [2.75, 3.05) is 19.6 Å². The zero-order valence-electron chi connectivity index (χ0n) is 41.4. The SMILES string of the molecule is CC1C=C(N(c2ccccc2)c2ccc(N(C3=CC(C)C(N(c4ccccc4)c4ccc5ccccc5c4)C=C3)c3ccc(N(C4=CC=C5C=CC=CC(=C4)C5)c4ccccc4)cc3)cc2)C=C2C=CC=CC21. The highest BCUT2D eigenvalue weighted by atomic mass is 15.2. The first-order valence-corrected chi connectivity index (χ1v) is 25.7. The summed E-state index contributed by atoms with van der Waals surface area (Å²) < 4.78 is 0. The van der Waals surface area contributed by atoms with Crippen molar-refractivity contribution in [1.82, 2.24) is 0 Å². The molecule has 0 fully saturated rings. The van der Waals surface area contributed by atoms with Crippen LogP contribution in [0.25, 0.3) is 10.8 Å². The topological polar surface area (TPSA) is 13.0 Å². The Bertz CT molecular complexity index is 3510. The van der Waals surface area contributed by atoms with Crippen LogP contribution in [0.4, 0.5) is 45.5 Å². The van der Waals surface area contributed by atoms with Crippen molar-refractivity contribution >= 4 is 56.3 Å². The maximum Gasteiger partial charge on any atom is 0.0586 e. The van der Waals surface area contributed by atoms with Crippen molar-refractivity contribution in [3.8, 4) is 0 Å². The molecule has 4 heteroatoms. The molecule has 4 atom stereocenters. The molecule has 0 heterocycles. The average molecular weight is 943 g/mol. The van der Waals surface area contributed by atoms with Crippen LogP contribution in [0, 0.1) is 17.8 Å². The molecule has 73 heavy (non-hydrogen) atoms. The lowest BCUT2D eigenvalue weighted by Gasteiger charge is -2.38. The van der Waals surface area contributed by atoms with Gasteiger partial charge in [-0.2, -0.15) is 0 Å². The molecule has 0 N–H and O–H groups in total. The quantitative estimate of drug-likeness (QED) is 0.121. The molecule has 4 unspecified atom stereocenters. The van der Waals surface area contributed by atoms with Gasteiger partial charge in [-0.05, 0) is 161 Å². The first-order valence-electron chi connectivity index (χ1n) is 25.7. The molecule has 12 rings (SSSR count). The smallest absolute Gasteiger partial charge is 0.0586 e. The van der Waals surface area contributed by atoms with Crippen LogP contribution in [-0.4, -0.2) is 6.04 Å². The predicted octanol–water partition coefficient (Wildman–Crippen LogP) is 18.0. The number of hydrogen-bond donors (Lipinski definition) is 0. The van der Waals surface area contributed by atoms with E-state index in [2.05, 4.69) is 313 Å². The maximum atomic E-state index is 2.50. The van der Waals surface area contributed by atoms with Gasteiger partial charge in [-0.1, -0.05) is 172 Å². The van der Waals surface area contributed by atoms with Gasteiger partial charge >= 0.3 is 0 Å². The van der Waals surface area contributed by atoms with E-state index < -0.39 is 0 Å². The number of allylic oxidation sites excluding steroid dienone is 17. The molecule has 7 aromatic rings. The number of hydrogen-bond acceptors (Lipinski definition) is 4. The molecule has 0 radical (unpaired) electrons. The molecular formula is C69H58N4. The van der Waals surface area contributed by atoms with Gasteiger partial charge < -0.3 is 19.6 Å². The Kier molecular flexibility index (Phi) is 12.5. The van der Waals surface area contributed by atoms with Crippen molar-refractivity contribution < 1.29 is 0 Å². The van der Waals surface area contributed by atoms with Crippen LogP contribution in [0.1, 0.15) is 20.3 Å². The molecule has 0 saturated carbocycles. The highest BCUT2D eigenvalue weighted by Crippen LogP contribution is 2.43. The van der Waals surface area contributed by atoms with Crippen molar-refractivity contribution in [3.63, 3.8) is 0 Å². The highest BCUT2D eigenvalue weighted by molar-refractivity contribution is 5.87. The van der Waals surface area contributed by atoms with Crippen LogP contribution >= 0.6 is 0 Å². The molecule has 2 bridgehead atoms. The fourth-order valence-electron chi connectivity index (χ4n) is 11.1. The van der Waals surface area contributed by atoms with Crippen LogP contribution in [0.2, 0.25) is 0 Å². The number of fused-ring (bicyclic) bond motifs is 4. The second-order valence-electron chi connectivity index (χ2n) is 19.6. The summed E-state index contributed by atoms with van der Waals surface area (Å²) in [6.45, 7) is 4.68. The molecular weight excluding hydrogens is 885 g/mol. The first-order chi connectivity index (χ1) is 36.0. The van der Waals surface area contributed by atoms with Gasteiger partial charge in [0.05, 0.1) is 6.04 Å². The third kappa shape index (κ3) is 9.32. The Balaban J connectivity index is 0.945. The number of rotatable bonds is 12. The lowest BCUT2D eigenvalue weighted by atomic mass is 9.80. The highest BCUT2D eigenvalue weighted by Gasteiger charge is 2.30. The maximum absolute atomic E-state index is 2.50. The van der Waals surface area contributed by atoms with Crippen molar-refractivity contribution in [1.29, 1.82) is 0 Å². The summed E-state index contributed by atoms with van der Waals surface area (Å²) in [5, 5.41) is 2.47. The van der Waals surface area contributed by atoms with Gasteiger partial charge in [-0.15, -0.1) is 0 Å². The van der Waals surface area contributed by atoms with Gasteiger partial charge in [0.15, 0.2) is 0 Å². The summed E-state index contributed by atoms with van der Waals surface area (Å²) in [5.41, 5.74) is 16.3. The summed E-state index contributed by atoms with van der Waals surface area (Å²) in [6, 6.07) is 66.1. The monoisotopic (exact) mass is 942 g/mol. The van der Waals surface area contributed by atoms with Gasteiger partial charge in [0.25, 0.3) is 0 Å². The van der Waals surface area contributed by atoms with Crippen LogP contribution in [0.5, 0.6) is 0 Å². The fraction of sp³-hybridized carbons (Fsp3) is 0.101. The minimum atomic E-state index is 0.0678. The molecule has 0 aromatic heterocycles. The van der Waals surface area contributed by atoms with E-state index in [4.69, 9.17) is 0 Å².